The average Bonchev–Trinajstić information content (AvgIpc) is 3.16. The molecule has 5 aromatic rings. The van der Waals surface area contributed by atoms with E-state index in [4.69, 9.17) is 9.15 Å². The highest BCUT2D eigenvalue weighted by atomic mass is 19.1. The number of hydrogen-bond acceptors (Lipinski definition) is 6. The van der Waals surface area contributed by atoms with Crippen molar-refractivity contribution in [2.24, 2.45) is 0 Å². The van der Waals surface area contributed by atoms with E-state index in [0.717, 1.165) is 10.9 Å². The fourth-order valence-electron chi connectivity index (χ4n) is 3.32. The van der Waals surface area contributed by atoms with Crippen molar-refractivity contribution in [2.75, 3.05) is 0 Å². The second-order valence-corrected chi connectivity index (χ2v) is 6.65. The second kappa shape index (κ2) is 7.07. The van der Waals surface area contributed by atoms with E-state index >= 15 is 0 Å². The van der Waals surface area contributed by atoms with Gasteiger partial charge in [0.1, 0.15) is 17.1 Å². The Morgan fingerprint density at radius 2 is 1.93 bits per heavy atom. The molecule has 7 nitrogen and oxygen atoms in total. The number of aryl methyl sites for hydroxylation is 1. The lowest BCUT2D eigenvalue weighted by Gasteiger charge is -2.08. The van der Waals surface area contributed by atoms with Crippen LogP contribution in [0.25, 0.3) is 28.0 Å². The lowest BCUT2D eigenvalue weighted by molar-refractivity contribution is 0.451. The third-order valence-corrected chi connectivity index (χ3v) is 4.76. The SMILES string of the molecule is CCc1cc(=O)oc2cc(Oc3ccc4nnc(-c5ccccc5F)n4n3)ccc12. The fourth-order valence-corrected chi connectivity index (χ4v) is 3.32. The van der Waals surface area contributed by atoms with E-state index in [-0.39, 0.29) is 17.3 Å². The van der Waals surface area contributed by atoms with E-state index in [1.807, 2.05) is 13.0 Å². The predicted molar refractivity (Wildman–Crippen MR) is 108 cm³/mol. The molecule has 0 amide bonds. The summed E-state index contributed by atoms with van der Waals surface area (Å²) in [5.41, 5.74) is 1.68. The van der Waals surface area contributed by atoms with Gasteiger partial charge in [0.25, 0.3) is 0 Å². The van der Waals surface area contributed by atoms with Crippen LogP contribution in [0.4, 0.5) is 4.39 Å². The summed E-state index contributed by atoms with van der Waals surface area (Å²) < 4.78 is 26.8. The zero-order valence-electron chi connectivity index (χ0n) is 15.9. The molecule has 0 bridgehead atoms. The highest BCUT2D eigenvalue weighted by Gasteiger charge is 2.14. The van der Waals surface area contributed by atoms with Crippen molar-refractivity contribution in [1.82, 2.24) is 19.8 Å². The minimum Gasteiger partial charge on any atom is -0.437 e. The quantitative estimate of drug-likeness (QED) is 0.415. The van der Waals surface area contributed by atoms with Crippen LogP contribution in [0.3, 0.4) is 0 Å². The molecule has 0 N–H and O–H groups in total. The van der Waals surface area contributed by atoms with Crippen LogP contribution in [-0.4, -0.2) is 19.8 Å². The standard InChI is InChI=1S/C22H15FN4O3/c1-2-13-11-21(28)30-18-12-14(7-8-15(13)18)29-20-10-9-19-24-25-22(27(19)26-20)16-5-3-4-6-17(16)23/h3-12H,2H2,1H3. The van der Waals surface area contributed by atoms with Crippen LogP contribution in [0.5, 0.6) is 11.6 Å². The molecule has 0 saturated heterocycles. The number of rotatable bonds is 4. The first-order chi connectivity index (χ1) is 14.6. The van der Waals surface area contributed by atoms with Crippen LogP contribution < -0.4 is 10.4 Å². The third kappa shape index (κ3) is 3.08. The lowest BCUT2D eigenvalue weighted by Crippen LogP contribution is -2.01. The number of halogens is 1. The van der Waals surface area contributed by atoms with Gasteiger partial charge in [-0.15, -0.1) is 15.3 Å². The highest BCUT2D eigenvalue weighted by Crippen LogP contribution is 2.27. The number of ether oxygens (including phenoxy) is 1. The summed E-state index contributed by atoms with van der Waals surface area (Å²) in [5, 5.41) is 13.3. The van der Waals surface area contributed by atoms with Gasteiger partial charge in [0.15, 0.2) is 11.5 Å². The molecule has 0 aliphatic carbocycles. The van der Waals surface area contributed by atoms with Gasteiger partial charge in [-0.2, -0.15) is 4.52 Å². The fraction of sp³-hybridized carbons (Fsp3) is 0.0909. The van der Waals surface area contributed by atoms with Crippen molar-refractivity contribution in [3.8, 4) is 23.0 Å². The first kappa shape index (κ1) is 18.0. The maximum Gasteiger partial charge on any atom is 0.336 e. The Morgan fingerprint density at radius 1 is 1.07 bits per heavy atom. The molecule has 0 unspecified atom stereocenters. The Labute approximate surface area is 169 Å². The molecule has 5 rings (SSSR count). The van der Waals surface area contributed by atoms with E-state index in [9.17, 15) is 9.18 Å². The summed E-state index contributed by atoms with van der Waals surface area (Å²) >= 11 is 0. The van der Waals surface area contributed by atoms with Crippen LogP contribution in [0, 0.1) is 5.82 Å². The van der Waals surface area contributed by atoms with Gasteiger partial charge in [-0.25, -0.2) is 9.18 Å². The Balaban J connectivity index is 1.55. The summed E-state index contributed by atoms with van der Waals surface area (Å²) in [4.78, 5) is 11.8. The Bertz CT molecular complexity index is 1460. The molecule has 0 spiro atoms. The second-order valence-electron chi connectivity index (χ2n) is 6.65. The summed E-state index contributed by atoms with van der Waals surface area (Å²) in [6.07, 6.45) is 0.715. The van der Waals surface area contributed by atoms with Crippen molar-refractivity contribution in [3.63, 3.8) is 0 Å². The average molecular weight is 402 g/mol. The molecule has 8 heteroatoms. The van der Waals surface area contributed by atoms with Crippen LogP contribution in [0.15, 0.2) is 69.9 Å². The molecule has 0 aliphatic rings. The topological polar surface area (TPSA) is 82.5 Å². The summed E-state index contributed by atoms with van der Waals surface area (Å²) in [6.45, 7) is 1.98. The molecular weight excluding hydrogens is 387 g/mol. The van der Waals surface area contributed by atoms with Crippen LogP contribution in [-0.2, 0) is 6.42 Å². The number of benzene rings is 2. The first-order valence-corrected chi connectivity index (χ1v) is 9.34. The zero-order valence-corrected chi connectivity index (χ0v) is 15.9. The van der Waals surface area contributed by atoms with Gasteiger partial charge >= 0.3 is 5.63 Å². The van der Waals surface area contributed by atoms with E-state index in [0.29, 0.717) is 23.4 Å². The number of hydrogen-bond donors (Lipinski definition) is 0. The van der Waals surface area contributed by atoms with Gasteiger partial charge in [-0.05, 0) is 42.3 Å². The van der Waals surface area contributed by atoms with Gasteiger partial charge in [-0.3, -0.25) is 0 Å². The predicted octanol–water partition coefficient (Wildman–Crippen LogP) is 4.39. The van der Waals surface area contributed by atoms with E-state index in [2.05, 4.69) is 15.3 Å². The molecule has 0 atom stereocenters. The van der Waals surface area contributed by atoms with Crippen molar-refractivity contribution in [3.05, 3.63) is 82.5 Å². The molecule has 0 aliphatic heterocycles. The maximum absolute atomic E-state index is 14.2. The monoisotopic (exact) mass is 402 g/mol. The van der Waals surface area contributed by atoms with Crippen molar-refractivity contribution in [1.29, 1.82) is 0 Å². The molecule has 2 aromatic carbocycles. The Morgan fingerprint density at radius 3 is 2.77 bits per heavy atom. The van der Waals surface area contributed by atoms with Crippen molar-refractivity contribution < 1.29 is 13.5 Å². The number of aromatic nitrogens is 4. The Hall–Kier alpha value is -4.07. The first-order valence-electron chi connectivity index (χ1n) is 9.34. The molecular formula is C22H15FN4O3. The molecule has 3 heterocycles. The van der Waals surface area contributed by atoms with Crippen LogP contribution in [0.2, 0.25) is 0 Å². The minimum absolute atomic E-state index is 0.258. The minimum atomic E-state index is -0.420. The Kier molecular flexibility index (Phi) is 4.24. The van der Waals surface area contributed by atoms with Gasteiger partial charge in [0, 0.05) is 23.6 Å². The lowest BCUT2D eigenvalue weighted by atomic mass is 10.1. The summed E-state index contributed by atoms with van der Waals surface area (Å²) in [7, 11) is 0. The molecule has 0 saturated carbocycles. The number of nitrogens with zero attached hydrogens (tertiary/aromatic N) is 4. The molecule has 30 heavy (non-hydrogen) atoms. The zero-order chi connectivity index (χ0) is 20.7. The van der Waals surface area contributed by atoms with Gasteiger partial charge in [0.05, 0.1) is 5.56 Å². The van der Waals surface area contributed by atoms with Gasteiger partial charge in [-0.1, -0.05) is 19.1 Å². The van der Waals surface area contributed by atoms with E-state index in [1.54, 1.807) is 42.5 Å². The molecule has 0 radical (unpaired) electrons. The van der Waals surface area contributed by atoms with Gasteiger partial charge in [0.2, 0.25) is 5.88 Å². The summed E-state index contributed by atoms with van der Waals surface area (Å²) in [6, 6.07) is 16.3. The van der Waals surface area contributed by atoms with Crippen LogP contribution in [0.1, 0.15) is 12.5 Å². The van der Waals surface area contributed by atoms with Crippen molar-refractivity contribution >= 4 is 16.6 Å². The molecule has 3 aromatic heterocycles. The van der Waals surface area contributed by atoms with Crippen LogP contribution >= 0.6 is 0 Å². The molecule has 148 valence electrons. The summed E-state index contributed by atoms with van der Waals surface area (Å²) in [5.74, 6) is 0.557. The largest absolute Gasteiger partial charge is 0.437 e. The third-order valence-electron chi connectivity index (χ3n) is 4.76. The highest BCUT2D eigenvalue weighted by molar-refractivity contribution is 5.81. The van der Waals surface area contributed by atoms with Crippen molar-refractivity contribution in [2.45, 2.75) is 13.3 Å². The van der Waals surface area contributed by atoms with E-state index < -0.39 is 11.4 Å². The van der Waals surface area contributed by atoms with E-state index in [1.165, 1.54) is 16.6 Å². The normalized spacial score (nSPS) is 11.3. The smallest absolute Gasteiger partial charge is 0.336 e. The number of fused-ring (bicyclic) bond motifs is 2. The molecule has 0 fully saturated rings. The van der Waals surface area contributed by atoms with Gasteiger partial charge < -0.3 is 9.15 Å². The maximum atomic E-state index is 14.2.